The molecule has 1 aliphatic rings. The van der Waals surface area contributed by atoms with E-state index in [1.54, 1.807) is 24.3 Å². The monoisotopic (exact) mass is 363 g/mol. The summed E-state index contributed by atoms with van der Waals surface area (Å²) in [6, 6.07) is 9.68. The Kier molecular flexibility index (Phi) is 4.63. The largest absolute Gasteiger partial charge is 0.506 e. The van der Waals surface area contributed by atoms with Crippen LogP contribution in [0.2, 0.25) is 0 Å². The van der Waals surface area contributed by atoms with Gasteiger partial charge in [-0.25, -0.2) is 13.2 Å². The normalized spacial score (nSPS) is 18.8. The maximum absolute atomic E-state index is 12.1. The highest BCUT2D eigenvalue weighted by Crippen LogP contribution is 2.28. The molecule has 0 aromatic heterocycles. The lowest BCUT2D eigenvalue weighted by Gasteiger charge is -2.12. The van der Waals surface area contributed by atoms with E-state index in [1.165, 1.54) is 6.07 Å². The Balaban J connectivity index is 1.61. The van der Waals surface area contributed by atoms with Crippen molar-refractivity contribution in [3.05, 3.63) is 42.0 Å². The predicted molar refractivity (Wildman–Crippen MR) is 91.1 cm³/mol. The SMILES string of the molecule is O=C(COC(=O)c1ccc2ccccc2c1O)N[C@H]1CCS(=O)(=O)C1. The fraction of sp³-hybridized carbons (Fsp3) is 0.294. The molecule has 1 fully saturated rings. The minimum absolute atomic E-state index is 0.0325. The highest BCUT2D eigenvalue weighted by molar-refractivity contribution is 7.91. The molecule has 0 aliphatic carbocycles. The van der Waals surface area contributed by atoms with E-state index in [-0.39, 0.29) is 22.8 Å². The molecule has 7 nitrogen and oxygen atoms in total. The number of amides is 1. The molecule has 1 saturated heterocycles. The molecule has 1 heterocycles. The van der Waals surface area contributed by atoms with Crippen LogP contribution in [0, 0.1) is 0 Å². The smallest absolute Gasteiger partial charge is 0.342 e. The number of nitrogens with one attached hydrogen (secondary N) is 1. The Morgan fingerprint density at radius 1 is 1.20 bits per heavy atom. The molecule has 0 unspecified atom stereocenters. The number of hydrogen-bond donors (Lipinski definition) is 2. The summed E-state index contributed by atoms with van der Waals surface area (Å²) in [5, 5.41) is 14.0. The summed E-state index contributed by atoms with van der Waals surface area (Å²) in [4.78, 5) is 23.9. The van der Waals surface area contributed by atoms with E-state index < -0.39 is 34.4 Å². The number of hydrogen-bond acceptors (Lipinski definition) is 6. The van der Waals surface area contributed by atoms with Crippen molar-refractivity contribution in [1.82, 2.24) is 5.32 Å². The van der Waals surface area contributed by atoms with Crippen LogP contribution in [0.5, 0.6) is 5.75 Å². The average Bonchev–Trinajstić information content (AvgIpc) is 2.92. The third-order valence-electron chi connectivity index (χ3n) is 4.05. The molecule has 1 amide bonds. The van der Waals surface area contributed by atoms with Crippen LogP contribution < -0.4 is 5.32 Å². The molecule has 0 spiro atoms. The van der Waals surface area contributed by atoms with E-state index in [2.05, 4.69) is 5.32 Å². The zero-order valence-corrected chi connectivity index (χ0v) is 14.1. The molecule has 2 N–H and O–H groups in total. The van der Waals surface area contributed by atoms with Gasteiger partial charge < -0.3 is 15.2 Å². The van der Waals surface area contributed by atoms with Crippen LogP contribution in [-0.4, -0.2) is 49.6 Å². The van der Waals surface area contributed by atoms with E-state index in [4.69, 9.17) is 4.74 Å². The van der Waals surface area contributed by atoms with Crippen LogP contribution in [0.1, 0.15) is 16.8 Å². The lowest BCUT2D eigenvalue weighted by molar-refractivity contribution is -0.124. The molecule has 0 bridgehead atoms. The number of rotatable bonds is 4. The van der Waals surface area contributed by atoms with E-state index in [1.807, 2.05) is 6.07 Å². The van der Waals surface area contributed by atoms with Crippen LogP contribution in [0.4, 0.5) is 0 Å². The first-order chi connectivity index (χ1) is 11.9. The minimum atomic E-state index is -3.10. The maximum Gasteiger partial charge on any atom is 0.342 e. The number of sulfone groups is 1. The van der Waals surface area contributed by atoms with Gasteiger partial charge in [-0.05, 0) is 17.9 Å². The first kappa shape index (κ1) is 17.2. The second-order valence-electron chi connectivity index (χ2n) is 5.93. The average molecular weight is 363 g/mol. The highest BCUT2D eigenvalue weighted by atomic mass is 32.2. The maximum atomic E-state index is 12.1. The summed E-state index contributed by atoms with van der Waals surface area (Å²) in [5.74, 6) is -1.65. The molecule has 3 rings (SSSR count). The molecular formula is C17H17NO6S. The van der Waals surface area contributed by atoms with Gasteiger partial charge in [-0.2, -0.15) is 0 Å². The van der Waals surface area contributed by atoms with Gasteiger partial charge in [-0.3, -0.25) is 4.79 Å². The van der Waals surface area contributed by atoms with Crippen LogP contribution in [0.25, 0.3) is 10.8 Å². The number of phenolic OH excluding ortho intramolecular Hbond substituents is 1. The molecule has 2 aromatic rings. The summed E-state index contributed by atoms with van der Waals surface area (Å²) in [6.45, 7) is -0.540. The van der Waals surface area contributed by atoms with Gasteiger partial charge in [0.25, 0.3) is 5.91 Å². The van der Waals surface area contributed by atoms with Gasteiger partial charge in [0.1, 0.15) is 11.3 Å². The minimum Gasteiger partial charge on any atom is -0.506 e. The summed E-state index contributed by atoms with van der Waals surface area (Å²) in [5.41, 5.74) is -0.0325. The van der Waals surface area contributed by atoms with Gasteiger partial charge in [-0.1, -0.05) is 30.3 Å². The number of benzene rings is 2. The van der Waals surface area contributed by atoms with Gasteiger partial charge >= 0.3 is 5.97 Å². The third kappa shape index (κ3) is 3.90. The Hall–Kier alpha value is -2.61. The zero-order chi connectivity index (χ0) is 18.0. The van der Waals surface area contributed by atoms with Gasteiger partial charge in [-0.15, -0.1) is 0 Å². The topological polar surface area (TPSA) is 110 Å². The number of esters is 1. The lowest BCUT2D eigenvalue weighted by Crippen LogP contribution is -2.38. The van der Waals surface area contributed by atoms with Gasteiger partial charge in [0.2, 0.25) is 0 Å². The Labute approximate surface area is 144 Å². The molecule has 0 radical (unpaired) electrons. The Bertz CT molecular complexity index is 937. The fourth-order valence-electron chi connectivity index (χ4n) is 2.81. The van der Waals surface area contributed by atoms with Crippen molar-refractivity contribution in [1.29, 1.82) is 0 Å². The predicted octanol–water partition coefficient (Wildman–Crippen LogP) is 1.01. The molecule has 8 heteroatoms. The molecule has 25 heavy (non-hydrogen) atoms. The molecule has 132 valence electrons. The first-order valence-electron chi connectivity index (χ1n) is 7.73. The van der Waals surface area contributed by atoms with Crippen LogP contribution in [-0.2, 0) is 19.4 Å². The van der Waals surface area contributed by atoms with E-state index >= 15 is 0 Å². The summed E-state index contributed by atoms with van der Waals surface area (Å²) >= 11 is 0. The highest BCUT2D eigenvalue weighted by Gasteiger charge is 2.29. The van der Waals surface area contributed by atoms with Crippen LogP contribution in [0.15, 0.2) is 36.4 Å². The van der Waals surface area contributed by atoms with Crippen molar-refractivity contribution in [2.75, 3.05) is 18.1 Å². The van der Waals surface area contributed by atoms with E-state index in [0.717, 1.165) is 5.39 Å². The second kappa shape index (κ2) is 6.72. The van der Waals surface area contributed by atoms with Crippen molar-refractivity contribution in [2.24, 2.45) is 0 Å². The lowest BCUT2D eigenvalue weighted by atomic mass is 10.1. The zero-order valence-electron chi connectivity index (χ0n) is 13.3. The van der Waals surface area contributed by atoms with Crippen molar-refractivity contribution in [3.63, 3.8) is 0 Å². The number of fused-ring (bicyclic) bond motifs is 1. The number of carbonyl (C=O) groups is 2. The third-order valence-corrected chi connectivity index (χ3v) is 5.82. The molecule has 0 saturated carbocycles. The van der Waals surface area contributed by atoms with Gasteiger partial charge in [0.15, 0.2) is 16.4 Å². The summed E-state index contributed by atoms with van der Waals surface area (Å²) in [7, 11) is -3.10. The fourth-order valence-corrected chi connectivity index (χ4v) is 4.48. The van der Waals surface area contributed by atoms with Crippen molar-refractivity contribution < 1.29 is 27.9 Å². The number of ether oxygens (including phenoxy) is 1. The van der Waals surface area contributed by atoms with Gasteiger partial charge in [0.05, 0.1) is 11.5 Å². The van der Waals surface area contributed by atoms with Crippen LogP contribution >= 0.6 is 0 Å². The first-order valence-corrected chi connectivity index (χ1v) is 9.55. The van der Waals surface area contributed by atoms with Crippen LogP contribution in [0.3, 0.4) is 0 Å². The molecule has 1 atom stereocenters. The van der Waals surface area contributed by atoms with Crippen molar-refractivity contribution >= 4 is 32.5 Å². The molecule has 1 aliphatic heterocycles. The Morgan fingerprint density at radius 2 is 1.96 bits per heavy atom. The molecular weight excluding hydrogens is 346 g/mol. The van der Waals surface area contributed by atoms with Gasteiger partial charge in [0, 0.05) is 11.4 Å². The van der Waals surface area contributed by atoms with Crippen molar-refractivity contribution in [2.45, 2.75) is 12.5 Å². The van der Waals surface area contributed by atoms with E-state index in [0.29, 0.717) is 11.8 Å². The second-order valence-corrected chi connectivity index (χ2v) is 8.16. The van der Waals surface area contributed by atoms with E-state index in [9.17, 15) is 23.1 Å². The standard InChI is InChI=1S/C17H17NO6S/c19-15(18-12-7-8-25(22,23)10-12)9-24-17(21)14-6-5-11-3-1-2-4-13(11)16(14)20/h1-6,12,20H,7-10H2,(H,18,19)/t12-/m0/s1. The number of aromatic hydroxyl groups is 1. The summed E-state index contributed by atoms with van der Waals surface area (Å²) < 4.78 is 27.6. The van der Waals surface area contributed by atoms with Crippen molar-refractivity contribution in [3.8, 4) is 5.75 Å². The summed E-state index contributed by atoms with van der Waals surface area (Å²) in [6.07, 6.45) is 0.355. The number of carbonyl (C=O) groups excluding carboxylic acids is 2. The quantitative estimate of drug-likeness (QED) is 0.785. The number of phenols is 1. The Morgan fingerprint density at radius 3 is 2.68 bits per heavy atom. The molecule has 2 aromatic carbocycles.